The van der Waals surface area contributed by atoms with Crippen molar-refractivity contribution in [2.45, 2.75) is 13.8 Å². The molecule has 1 heterocycles. The number of methoxy groups -OCH3 is 1. The molecule has 0 saturated heterocycles. The van der Waals surface area contributed by atoms with Crippen molar-refractivity contribution in [1.29, 1.82) is 0 Å². The van der Waals surface area contributed by atoms with Crippen molar-refractivity contribution < 1.29 is 14.6 Å². The zero-order valence-electron chi connectivity index (χ0n) is 10.4. The van der Waals surface area contributed by atoms with Gasteiger partial charge in [0.2, 0.25) is 0 Å². The summed E-state index contributed by atoms with van der Waals surface area (Å²) in [7, 11) is 1.66. The predicted octanol–water partition coefficient (Wildman–Crippen LogP) is 1.86. The molecule has 0 saturated carbocycles. The largest absolute Gasteiger partial charge is 0.477 e. The minimum absolute atomic E-state index is 0.0321. The molecule has 0 aliphatic rings. The summed E-state index contributed by atoms with van der Waals surface area (Å²) in [6, 6.07) is 4.88. The molecular weight excluding hydrogens is 220 g/mol. The number of ether oxygens (including phenoxy) is 1. The van der Waals surface area contributed by atoms with Gasteiger partial charge in [-0.15, -0.1) is 0 Å². The molecule has 0 atom stereocenters. The van der Waals surface area contributed by atoms with Crippen LogP contribution in [0.25, 0.3) is 0 Å². The molecule has 0 spiro atoms. The number of carboxylic acid groups (broad SMARTS) is 1. The average molecular weight is 238 g/mol. The van der Waals surface area contributed by atoms with Crippen LogP contribution >= 0.6 is 0 Å². The second kappa shape index (κ2) is 5.63. The van der Waals surface area contributed by atoms with E-state index in [0.717, 1.165) is 0 Å². The van der Waals surface area contributed by atoms with E-state index in [4.69, 9.17) is 9.84 Å². The quantitative estimate of drug-likeness (QED) is 0.791. The highest BCUT2D eigenvalue weighted by Crippen LogP contribution is 2.16. The number of hydrogen-bond acceptors (Lipinski definition) is 4. The van der Waals surface area contributed by atoms with Gasteiger partial charge in [-0.1, -0.05) is 19.9 Å². The molecule has 0 radical (unpaired) electrons. The second-order valence-corrected chi connectivity index (χ2v) is 4.66. The molecule has 1 aromatic heterocycles. The summed E-state index contributed by atoms with van der Waals surface area (Å²) in [5, 5.41) is 11.9. The Morgan fingerprint density at radius 3 is 2.82 bits per heavy atom. The number of aromatic carboxylic acids is 1. The average Bonchev–Trinajstić information content (AvgIpc) is 2.27. The topological polar surface area (TPSA) is 71.5 Å². The van der Waals surface area contributed by atoms with Crippen molar-refractivity contribution in [3.05, 3.63) is 23.9 Å². The number of nitrogens with one attached hydrogen (secondary N) is 1. The van der Waals surface area contributed by atoms with Crippen LogP contribution in [0.4, 0.5) is 5.82 Å². The molecular formula is C12H18N2O3. The van der Waals surface area contributed by atoms with Crippen molar-refractivity contribution in [3.63, 3.8) is 0 Å². The smallest absolute Gasteiger partial charge is 0.354 e. The van der Waals surface area contributed by atoms with Gasteiger partial charge < -0.3 is 15.2 Å². The van der Waals surface area contributed by atoms with Crippen molar-refractivity contribution in [2.75, 3.05) is 25.6 Å². The molecule has 1 rings (SSSR count). The molecule has 0 unspecified atom stereocenters. The van der Waals surface area contributed by atoms with E-state index < -0.39 is 5.97 Å². The predicted molar refractivity (Wildman–Crippen MR) is 65.3 cm³/mol. The van der Waals surface area contributed by atoms with E-state index in [-0.39, 0.29) is 11.1 Å². The third-order valence-electron chi connectivity index (χ3n) is 2.25. The number of nitrogens with zero attached hydrogens (tertiary/aromatic N) is 1. The van der Waals surface area contributed by atoms with Crippen LogP contribution in [0.1, 0.15) is 24.3 Å². The number of hydrogen-bond donors (Lipinski definition) is 2. The highest BCUT2D eigenvalue weighted by atomic mass is 16.5. The normalized spacial score (nSPS) is 11.2. The summed E-state index contributed by atoms with van der Waals surface area (Å²) in [6.45, 7) is 5.41. The van der Waals surface area contributed by atoms with Gasteiger partial charge in [0.1, 0.15) is 5.82 Å². The van der Waals surface area contributed by atoms with E-state index in [2.05, 4.69) is 24.1 Å². The summed E-state index contributed by atoms with van der Waals surface area (Å²) < 4.78 is 5.10. The summed E-state index contributed by atoms with van der Waals surface area (Å²) in [4.78, 5) is 14.7. The first-order valence-electron chi connectivity index (χ1n) is 5.38. The molecule has 0 aliphatic heterocycles. The van der Waals surface area contributed by atoms with Crippen LogP contribution in [0.3, 0.4) is 0 Å². The molecule has 0 bridgehead atoms. The SMILES string of the molecule is COCC(C)(C)CNc1cccc(C(=O)O)n1. The fourth-order valence-electron chi connectivity index (χ4n) is 1.42. The van der Waals surface area contributed by atoms with Crippen molar-refractivity contribution >= 4 is 11.8 Å². The van der Waals surface area contributed by atoms with Gasteiger partial charge in [-0.2, -0.15) is 0 Å². The van der Waals surface area contributed by atoms with Crippen molar-refractivity contribution in [1.82, 2.24) is 4.98 Å². The van der Waals surface area contributed by atoms with Crippen LogP contribution in [-0.2, 0) is 4.74 Å². The third-order valence-corrected chi connectivity index (χ3v) is 2.25. The summed E-state index contributed by atoms with van der Waals surface area (Å²) in [6.07, 6.45) is 0. The van der Waals surface area contributed by atoms with Gasteiger partial charge in [-0.25, -0.2) is 9.78 Å². The molecule has 5 nitrogen and oxygen atoms in total. The zero-order valence-corrected chi connectivity index (χ0v) is 10.4. The number of carboxylic acids is 1. The number of carbonyl (C=O) groups is 1. The Morgan fingerprint density at radius 1 is 1.53 bits per heavy atom. The Balaban J connectivity index is 2.63. The van der Waals surface area contributed by atoms with Crippen LogP contribution in [0.5, 0.6) is 0 Å². The molecule has 0 aliphatic carbocycles. The highest BCUT2D eigenvalue weighted by Gasteiger charge is 2.17. The van der Waals surface area contributed by atoms with Gasteiger partial charge in [-0.05, 0) is 12.1 Å². The lowest BCUT2D eigenvalue weighted by Crippen LogP contribution is -2.28. The summed E-state index contributed by atoms with van der Waals surface area (Å²) >= 11 is 0. The van der Waals surface area contributed by atoms with Crippen LogP contribution in [-0.4, -0.2) is 36.3 Å². The van der Waals surface area contributed by atoms with Crippen molar-refractivity contribution in [2.24, 2.45) is 5.41 Å². The van der Waals surface area contributed by atoms with E-state index in [1.165, 1.54) is 6.07 Å². The van der Waals surface area contributed by atoms with E-state index in [1.54, 1.807) is 19.2 Å². The standard InChI is InChI=1S/C12H18N2O3/c1-12(2,8-17-3)7-13-10-6-4-5-9(14-10)11(15)16/h4-6H,7-8H2,1-3H3,(H,13,14)(H,15,16). The Labute approximate surface area is 101 Å². The lowest BCUT2D eigenvalue weighted by atomic mass is 9.95. The molecule has 94 valence electrons. The first-order valence-corrected chi connectivity index (χ1v) is 5.38. The maximum absolute atomic E-state index is 10.7. The van der Waals surface area contributed by atoms with Gasteiger partial charge in [-0.3, -0.25) is 0 Å². The molecule has 0 fully saturated rings. The van der Waals surface area contributed by atoms with Gasteiger partial charge >= 0.3 is 5.97 Å². The van der Waals surface area contributed by atoms with E-state index in [1.807, 2.05) is 0 Å². The number of aromatic nitrogens is 1. The summed E-state index contributed by atoms with van der Waals surface area (Å²) in [5.41, 5.74) is 0.00916. The molecule has 1 aromatic rings. The lowest BCUT2D eigenvalue weighted by molar-refractivity contribution is 0.0690. The second-order valence-electron chi connectivity index (χ2n) is 4.66. The first kappa shape index (κ1) is 13.4. The number of anilines is 1. The van der Waals surface area contributed by atoms with Crippen LogP contribution in [0, 0.1) is 5.41 Å². The molecule has 2 N–H and O–H groups in total. The maximum Gasteiger partial charge on any atom is 0.354 e. The van der Waals surface area contributed by atoms with Gasteiger partial charge in [0.15, 0.2) is 5.69 Å². The van der Waals surface area contributed by atoms with Crippen LogP contribution in [0.15, 0.2) is 18.2 Å². The molecule has 0 amide bonds. The minimum Gasteiger partial charge on any atom is -0.477 e. The highest BCUT2D eigenvalue weighted by molar-refractivity contribution is 5.85. The fourth-order valence-corrected chi connectivity index (χ4v) is 1.42. The molecule has 5 heteroatoms. The van der Waals surface area contributed by atoms with E-state index >= 15 is 0 Å². The Hall–Kier alpha value is -1.62. The minimum atomic E-state index is -1.02. The van der Waals surface area contributed by atoms with Crippen LogP contribution < -0.4 is 5.32 Å². The monoisotopic (exact) mass is 238 g/mol. The van der Waals surface area contributed by atoms with Crippen molar-refractivity contribution in [3.8, 4) is 0 Å². The third kappa shape index (κ3) is 4.40. The Bertz CT molecular complexity index is 391. The van der Waals surface area contributed by atoms with E-state index in [0.29, 0.717) is 19.0 Å². The van der Waals surface area contributed by atoms with E-state index in [9.17, 15) is 4.79 Å². The molecule has 0 aromatic carbocycles. The van der Waals surface area contributed by atoms with Crippen LogP contribution in [0.2, 0.25) is 0 Å². The fraction of sp³-hybridized carbons (Fsp3) is 0.500. The Kier molecular flexibility index (Phi) is 4.45. The lowest BCUT2D eigenvalue weighted by Gasteiger charge is -2.24. The zero-order chi connectivity index (χ0) is 12.9. The number of rotatable bonds is 6. The first-order chi connectivity index (χ1) is 7.94. The van der Waals surface area contributed by atoms with Gasteiger partial charge in [0, 0.05) is 19.1 Å². The van der Waals surface area contributed by atoms with Gasteiger partial charge in [0.05, 0.1) is 6.61 Å². The van der Waals surface area contributed by atoms with Gasteiger partial charge in [0.25, 0.3) is 0 Å². The number of pyridine rings is 1. The maximum atomic E-state index is 10.7. The summed E-state index contributed by atoms with van der Waals surface area (Å²) in [5.74, 6) is -0.459. The Morgan fingerprint density at radius 2 is 2.24 bits per heavy atom. The molecule has 17 heavy (non-hydrogen) atoms.